The molecular weight excluding hydrogens is 645 g/mol. The van der Waals surface area contributed by atoms with Gasteiger partial charge in [-0.3, -0.25) is 4.79 Å². The molecular formula is C31H22BrCl2N3O5. The number of aromatic nitrogens is 1. The maximum absolute atomic E-state index is 13.6. The molecule has 8 nitrogen and oxygen atoms in total. The van der Waals surface area contributed by atoms with Gasteiger partial charge in [-0.05, 0) is 60.7 Å². The van der Waals surface area contributed by atoms with E-state index in [1.165, 1.54) is 13.3 Å². The lowest BCUT2D eigenvalue weighted by molar-refractivity contribution is 0.0734. The van der Waals surface area contributed by atoms with Crippen LogP contribution < -0.4 is 19.6 Å². The Labute approximate surface area is 259 Å². The fourth-order valence-corrected chi connectivity index (χ4v) is 5.10. The van der Waals surface area contributed by atoms with E-state index in [9.17, 15) is 9.59 Å². The molecule has 1 amide bonds. The van der Waals surface area contributed by atoms with Gasteiger partial charge in [0.1, 0.15) is 22.9 Å². The van der Waals surface area contributed by atoms with Gasteiger partial charge in [-0.2, -0.15) is 5.10 Å². The average molecular weight is 667 g/mol. The zero-order valence-electron chi connectivity index (χ0n) is 22.2. The number of methoxy groups -OCH3 is 2. The number of hydrazone groups is 1. The van der Waals surface area contributed by atoms with Crippen LogP contribution in [0.15, 0.2) is 88.4 Å². The Morgan fingerprint density at radius 3 is 2.31 bits per heavy atom. The highest BCUT2D eigenvalue weighted by molar-refractivity contribution is 9.10. The van der Waals surface area contributed by atoms with Crippen LogP contribution in [-0.4, -0.2) is 37.3 Å². The van der Waals surface area contributed by atoms with E-state index in [1.807, 2.05) is 12.1 Å². The molecule has 0 aliphatic rings. The molecule has 0 bridgehead atoms. The summed E-state index contributed by atoms with van der Waals surface area (Å²) in [5.41, 5.74) is 5.23. The Balaban J connectivity index is 1.49. The number of esters is 1. The Morgan fingerprint density at radius 1 is 0.905 bits per heavy atom. The monoisotopic (exact) mass is 665 g/mol. The first kappa shape index (κ1) is 29.2. The van der Waals surface area contributed by atoms with Gasteiger partial charge in [0.2, 0.25) is 0 Å². The van der Waals surface area contributed by atoms with Crippen molar-refractivity contribution in [3.8, 4) is 28.4 Å². The van der Waals surface area contributed by atoms with Crippen LogP contribution in [0.3, 0.4) is 0 Å². The number of nitrogens with one attached hydrogen (secondary N) is 2. The number of nitrogens with zero attached hydrogens (tertiary/aromatic N) is 1. The summed E-state index contributed by atoms with van der Waals surface area (Å²) in [6, 6.07) is 22.1. The predicted molar refractivity (Wildman–Crippen MR) is 167 cm³/mol. The van der Waals surface area contributed by atoms with Crippen molar-refractivity contribution in [2.45, 2.75) is 0 Å². The number of amides is 1. The normalized spacial score (nSPS) is 11.1. The molecule has 0 atom stereocenters. The number of carbonyl (C=O) groups is 2. The molecule has 2 N–H and O–H groups in total. The van der Waals surface area contributed by atoms with Crippen LogP contribution in [-0.2, 0) is 0 Å². The van der Waals surface area contributed by atoms with Gasteiger partial charge in [-0.25, -0.2) is 10.2 Å². The maximum atomic E-state index is 13.6. The summed E-state index contributed by atoms with van der Waals surface area (Å²) in [4.78, 5) is 29.4. The summed E-state index contributed by atoms with van der Waals surface area (Å²) >= 11 is 15.9. The van der Waals surface area contributed by atoms with Crippen LogP contribution in [0.2, 0.25) is 10.0 Å². The van der Waals surface area contributed by atoms with Gasteiger partial charge in [0.25, 0.3) is 5.91 Å². The molecule has 4 aromatic carbocycles. The third-order valence-electron chi connectivity index (χ3n) is 6.31. The number of hydrogen-bond acceptors (Lipinski definition) is 6. The summed E-state index contributed by atoms with van der Waals surface area (Å²) < 4.78 is 17.5. The number of halogens is 3. The minimum Gasteiger partial charge on any atom is -0.496 e. The van der Waals surface area contributed by atoms with Gasteiger partial charge in [-0.15, -0.1) is 0 Å². The summed E-state index contributed by atoms with van der Waals surface area (Å²) in [7, 11) is 3.08. The van der Waals surface area contributed by atoms with Gasteiger partial charge in [0.15, 0.2) is 0 Å². The highest BCUT2D eigenvalue weighted by atomic mass is 79.9. The number of hydrogen-bond donors (Lipinski definition) is 2. The van der Waals surface area contributed by atoms with E-state index < -0.39 is 11.9 Å². The highest BCUT2D eigenvalue weighted by Gasteiger charge is 2.25. The van der Waals surface area contributed by atoms with Crippen LogP contribution >= 0.6 is 39.1 Å². The quantitative estimate of drug-likeness (QED) is 0.0759. The van der Waals surface area contributed by atoms with Crippen molar-refractivity contribution in [3.05, 3.63) is 110 Å². The lowest BCUT2D eigenvalue weighted by atomic mass is 10.0. The van der Waals surface area contributed by atoms with Crippen molar-refractivity contribution >= 4 is 68.1 Å². The molecule has 5 aromatic rings. The van der Waals surface area contributed by atoms with E-state index in [4.69, 9.17) is 37.4 Å². The third-order valence-corrected chi connectivity index (χ3v) is 7.39. The second kappa shape index (κ2) is 12.7. The van der Waals surface area contributed by atoms with Gasteiger partial charge in [-0.1, -0.05) is 57.3 Å². The molecule has 0 saturated heterocycles. The summed E-state index contributed by atoms with van der Waals surface area (Å²) in [5.74, 6) is 0.172. The molecule has 1 heterocycles. The minimum absolute atomic E-state index is 0.196. The fourth-order valence-electron chi connectivity index (χ4n) is 4.37. The largest absolute Gasteiger partial charge is 0.496 e. The summed E-state index contributed by atoms with van der Waals surface area (Å²) in [6.45, 7) is 0. The van der Waals surface area contributed by atoms with Crippen LogP contribution in [0.4, 0.5) is 0 Å². The van der Waals surface area contributed by atoms with Crippen molar-refractivity contribution < 1.29 is 23.8 Å². The van der Waals surface area contributed by atoms with Crippen molar-refractivity contribution in [1.29, 1.82) is 0 Å². The first-order chi connectivity index (χ1) is 20.3. The minimum atomic E-state index is -0.571. The standard InChI is InChI=1S/C31H22BrCl2N3O5/c1-40-24-13-14-25(41-2)28-27(24)26(21-5-3-4-6-22(21)34)29(36-28)30(38)37-35-16-18-15-19(32)9-12-23(18)42-31(39)17-7-10-20(33)11-8-17/h3-16,36H,1-2H3,(H,37,38). The van der Waals surface area contributed by atoms with Crippen LogP contribution in [0.5, 0.6) is 17.2 Å². The zero-order chi connectivity index (χ0) is 29.8. The van der Waals surface area contributed by atoms with Gasteiger partial charge < -0.3 is 19.2 Å². The molecule has 212 valence electrons. The number of rotatable bonds is 8. The van der Waals surface area contributed by atoms with E-state index in [0.29, 0.717) is 54.7 Å². The molecule has 0 aliphatic carbocycles. The van der Waals surface area contributed by atoms with Crippen molar-refractivity contribution in [2.24, 2.45) is 5.10 Å². The third kappa shape index (κ3) is 5.99. The lowest BCUT2D eigenvalue weighted by Crippen LogP contribution is -2.19. The number of carbonyl (C=O) groups excluding carboxylic acids is 2. The number of fused-ring (bicyclic) bond motifs is 1. The smallest absolute Gasteiger partial charge is 0.343 e. The molecule has 0 radical (unpaired) electrons. The zero-order valence-corrected chi connectivity index (χ0v) is 25.3. The van der Waals surface area contributed by atoms with E-state index in [2.05, 4.69) is 31.4 Å². The molecule has 0 unspecified atom stereocenters. The first-order valence-corrected chi connectivity index (χ1v) is 14.0. The average Bonchev–Trinajstić information content (AvgIpc) is 3.39. The van der Waals surface area contributed by atoms with Gasteiger partial charge in [0, 0.05) is 31.2 Å². The number of benzene rings is 4. The SMILES string of the molecule is COc1ccc(OC)c2c(-c3ccccc3Cl)c(C(=O)NN=Cc3cc(Br)ccc3OC(=O)c3ccc(Cl)cc3)[nH]c12. The van der Waals surface area contributed by atoms with Crippen molar-refractivity contribution in [1.82, 2.24) is 10.4 Å². The van der Waals surface area contributed by atoms with Gasteiger partial charge in [0.05, 0.1) is 36.9 Å². The fraction of sp³-hybridized carbons (Fsp3) is 0.0645. The summed E-state index contributed by atoms with van der Waals surface area (Å²) in [6.07, 6.45) is 1.38. The van der Waals surface area contributed by atoms with Gasteiger partial charge >= 0.3 is 5.97 Å². The van der Waals surface area contributed by atoms with Crippen molar-refractivity contribution in [2.75, 3.05) is 14.2 Å². The topological polar surface area (TPSA) is 102 Å². The number of H-pyrrole nitrogens is 1. The molecule has 11 heteroatoms. The Morgan fingerprint density at radius 2 is 1.60 bits per heavy atom. The maximum Gasteiger partial charge on any atom is 0.343 e. The molecule has 42 heavy (non-hydrogen) atoms. The molecule has 0 saturated carbocycles. The molecule has 0 aliphatic heterocycles. The predicted octanol–water partition coefficient (Wildman–Crippen LogP) is 7.90. The van der Waals surface area contributed by atoms with E-state index >= 15 is 0 Å². The highest BCUT2D eigenvalue weighted by Crippen LogP contribution is 2.44. The second-order valence-corrected chi connectivity index (χ2v) is 10.6. The van der Waals surface area contributed by atoms with Crippen LogP contribution in [0.1, 0.15) is 26.4 Å². The molecule has 0 spiro atoms. The van der Waals surface area contributed by atoms with Crippen LogP contribution in [0.25, 0.3) is 22.0 Å². The molecule has 5 rings (SSSR count). The molecule has 0 fully saturated rings. The summed E-state index contributed by atoms with van der Waals surface area (Å²) in [5, 5.41) is 5.73. The van der Waals surface area contributed by atoms with E-state index in [0.717, 1.165) is 4.47 Å². The Hall–Kier alpha value is -4.31. The Kier molecular flexibility index (Phi) is 8.82. The molecule has 1 aromatic heterocycles. The lowest BCUT2D eigenvalue weighted by Gasteiger charge is -2.10. The first-order valence-electron chi connectivity index (χ1n) is 12.4. The van der Waals surface area contributed by atoms with E-state index in [1.54, 1.807) is 73.8 Å². The number of ether oxygens (including phenoxy) is 3. The van der Waals surface area contributed by atoms with Crippen LogP contribution in [0, 0.1) is 0 Å². The Bertz CT molecular complexity index is 1840. The van der Waals surface area contributed by atoms with Crippen molar-refractivity contribution in [3.63, 3.8) is 0 Å². The number of aromatic amines is 1. The second-order valence-electron chi connectivity index (χ2n) is 8.85. The van der Waals surface area contributed by atoms with E-state index in [-0.39, 0.29) is 11.4 Å².